The molecule has 6 heteroatoms. The Labute approximate surface area is 174 Å². The number of halogens is 1. The number of nitrogens with zero attached hydrogens (tertiary/aromatic N) is 2. The second-order valence-electron chi connectivity index (χ2n) is 6.73. The van der Waals surface area contributed by atoms with Crippen LogP contribution in [-0.4, -0.2) is 23.3 Å². The van der Waals surface area contributed by atoms with Crippen molar-refractivity contribution in [1.82, 2.24) is 0 Å². The number of carbonyl (C=O) groups excluding carboxylic acids is 1. The van der Waals surface area contributed by atoms with Crippen LogP contribution in [0.3, 0.4) is 0 Å². The Morgan fingerprint density at radius 3 is 2.59 bits per heavy atom. The fraction of sp³-hybridized carbons (Fsp3) is 0.238. The number of hydrogen-bond acceptors (Lipinski definition) is 4. The molecule has 2 aromatic rings. The van der Waals surface area contributed by atoms with Crippen LogP contribution in [0.4, 0.5) is 11.4 Å². The highest BCUT2D eigenvalue weighted by molar-refractivity contribution is 8.27. The smallest absolute Gasteiger partial charge is 0.270 e. The number of thiocarbonyl (C=S) groups is 1. The van der Waals surface area contributed by atoms with Crippen molar-refractivity contribution in [2.45, 2.75) is 19.8 Å². The summed E-state index contributed by atoms with van der Waals surface area (Å²) in [5, 5.41) is 0.582. The molecule has 0 bridgehead atoms. The van der Waals surface area contributed by atoms with E-state index in [1.807, 2.05) is 18.2 Å². The number of aryl methyl sites for hydroxylation is 1. The van der Waals surface area contributed by atoms with Crippen molar-refractivity contribution in [1.29, 1.82) is 0 Å². The van der Waals surface area contributed by atoms with Gasteiger partial charge in [-0.1, -0.05) is 47.7 Å². The van der Waals surface area contributed by atoms with E-state index in [2.05, 4.69) is 30.0 Å². The summed E-state index contributed by atoms with van der Waals surface area (Å²) < 4.78 is 0.528. The standard InChI is InChI=1S/C21H19ClN2OS2/c1-14-11-17(23-9-2-3-10-23)8-7-15(14)12-19-20(25)24(21(26)27-19)18-6-4-5-16(22)13-18/h4-8,11-13H,2-3,9-10H2,1H3/b19-12-. The van der Waals surface area contributed by atoms with Crippen LogP contribution in [0.15, 0.2) is 47.4 Å². The van der Waals surface area contributed by atoms with Crippen LogP contribution in [0.5, 0.6) is 0 Å². The maximum absolute atomic E-state index is 12.9. The van der Waals surface area contributed by atoms with Crippen LogP contribution in [0.2, 0.25) is 5.02 Å². The van der Waals surface area contributed by atoms with Crippen LogP contribution in [0.1, 0.15) is 24.0 Å². The van der Waals surface area contributed by atoms with Crippen molar-refractivity contribution >= 4 is 63.3 Å². The molecule has 4 rings (SSSR count). The predicted molar refractivity (Wildman–Crippen MR) is 120 cm³/mol. The minimum atomic E-state index is -0.102. The van der Waals surface area contributed by atoms with E-state index in [1.54, 1.807) is 17.0 Å². The third kappa shape index (κ3) is 3.77. The average Bonchev–Trinajstić information content (AvgIpc) is 3.26. The minimum absolute atomic E-state index is 0.102. The van der Waals surface area contributed by atoms with E-state index in [0.717, 1.165) is 24.2 Å². The van der Waals surface area contributed by atoms with Crippen LogP contribution in [0, 0.1) is 6.92 Å². The molecule has 0 aliphatic carbocycles. The summed E-state index contributed by atoms with van der Waals surface area (Å²) in [6.07, 6.45) is 4.45. The molecule has 0 aromatic heterocycles. The van der Waals surface area contributed by atoms with Crippen LogP contribution in [0.25, 0.3) is 6.08 Å². The van der Waals surface area contributed by atoms with Gasteiger partial charge in [0, 0.05) is 23.8 Å². The lowest BCUT2D eigenvalue weighted by Gasteiger charge is -2.18. The fourth-order valence-electron chi connectivity index (χ4n) is 3.44. The van der Waals surface area contributed by atoms with Crippen molar-refractivity contribution in [3.8, 4) is 0 Å². The Hall–Kier alpha value is -1.82. The molecule has 2 heterocycles. The highest BCUT2D eigenvalue weighted by Crippen LogP contribution is 2.37. The van der Waals surface area contributed by atoms with Gasteiger partial charge in [0.1, 0.15) is 0 Å². The molecule has 0 N–H and O–H groups in total. The number of benzene rings is 2. The summed E-state index contributed by atoms with van der Waals surface area (Å²) in [6, 6.07) is 13.6. The molecule has 0 atom stereocenters. The molecular formula is C21H19ClN2OS2. The van der Waals surface area contributed by atoms with E-state index >= 15 is 0 Å². The number of anilines is 2. The maximum atomic E-state index is 12.9. The number of hydrogen-bond donors (Lipinski definition) is 0. The molecule has 2 aliphatic heterocycles. The van der Waals surface area contributed by atoms with Gasteiger partial charge in [-0.3, -0.25) is 9.69 Å². The SMILES string of the molecule is Cc1cc(N2CCCC2)ccc1/C=C1\SC(=S)N(c2cccc(Cl)c2)C1=O. The number of amides is 1. The number of thioether (sulfide) groups is 1. The predicted octanol–water partition coefficient (Wildman–Crippen LogP) is 5.65. The molecule has 3 nitrogen and oxygen atoms in total. The Bertz CT molecular complexity index is 951. The van der Waals surface area contributed by atoms with E-state index in [0.29, 0.717) is 19.9 Å². The third-order valence-electron chi connectivity index (χ3n) is 4.87. The molecule has 2 saturated heterocycles. The zero-order valence-electron chi connectivity index (χ0n) is 14.9. The van der Waals surface area contributed by atoms with Gasteiger partial charge in [-0.2, -0.15) is 0 Å². The molecular weight excluding hydrogens is 396 g/mol. The van der Waals surface area contributed by atoms with Gasteiger partial charge in [0.2, 0.25) is 0 Å². The zero-order chi connectivity index (χ0) is 19.0. The topological polar surface area (TPSA) is 23.6 Å². The Kier molecular flexibility index (Phi) is 5.26. The molecule has 1 amide bonds. The molecule has 138 valence electrons. The van der Waals surface area contributed by atoms with Gasteiger partial charge in [0.15, 0.2) is 4.32 Å². The summed E-state index contributed by atoms with van der Waals surface area (Å²) in [5.74, 6) is -0.102. The first kappa shape index (κ1) is 18.5. The van der Waals surface area contributed by atoms with E-state index in [9.17, 15) is 4.79 Å². The minimum Gasteiger partial charge on any atom is -0.372 e. The van der Waals surface area contributed by atoms with E-state index in [4.69, 9.17) is 23.8 Å². The van der Waals surface area contributed by atoms with Crippen molar-refractivity contribution < 1.29 is 4.79 Å². The lowest BCUT2D eigenvalue weighted by Crippen LogP contribution is -2.27. The average molecular weight is 415 g/mol. The van der Waals surface area contributed by atoms with E-state index < -0.39 is 0 Å². The van der Waals surface area contributed by atoms with Crippen molar-refractivity contribution in [3.05, 3.63) is 63.5 Å². The highest BCUT2D eigenvalue weighted by atomic mass is 35.5. The lowest BCUT2D eigenvalue weighted by atomic mass is 10.1. The van der Waals surface area contributed by atoms with Gasteiger partial charge in [-0.15, -0.1) is 0 Å². The summed E-state index contributed by atoms with van der Waals surface area (Å²) in [6.45, 7) is 4.33. The summed E-state index contributed by atoms with van der Waals surface area (Å²) >= 11 is 12.8. The molecule has 0 radical (unpaired) electrons. The molecule has 0 spiro atoms. The van der Waals surface area contributed by atoms with Gasteiger partial charge in [-0.25, -0.2) is 0 Å². The first-order chi connectivity index (χ1) is 13.0. The second-order valence-corrected chi connectivity index (χ2v) is 8.84. The molecule has 0 unspecified atom stereocenters. The van der Waals surface area contributed by atoms with E-state index in [-0.39, 0.29) is 5.91 Å². The van der Waals surface area contributed by atoms with E-state index in [1.165, 1.54) is 30.3 Å². The fourth-order valence-corrected chi connectivity index (χ4v) is 4.92. The van der Waals surface area contributed by atoms with Crippen LogP contribution < -0.4 is 9.80 Å². The Morgan fingerprint density at radius 2 is 1.89 bits per heavy atom. The van der Waals surface area contributed by atoms with Crippen molar-refractivity contribution in [2.75, 3.05) is 22.9 Å². The molecule has 2 fully saturated rings. The van der Waals surface area contributed by atoms with Gasteiger partial charge in [0.25, 0.3) is 5.91 Å². The largest absolute Gasteiger partial charge is 0.372 e. The van der Waals surface area contributed by atoms with Gasteiger partial charge in [0.05, 0.1) is 10.6 Å². The first-order valence-electron chi connectivity index (χ1n) is 8.92. The normalized spacial score (nSPS) is 18.8. The van der Waals surface area contributed by atoms with Crippen molar-refractivity contribution in [2.24, 2.45) is 0 Å². The molecule has 0 saturated carbocycles. The zero-order valence-corrected chi connectivity index (χ0v) is 17.3. The maximum Gasteiger partial charge on any atom is 0.270 e. The van der Waals surface area contributed by atoms with Crippen LogP contribution in [-0.2, 0) is 4.79 Å². The van der Waals surface area contributed by atoms with Gasteiger partial charge in [-0.05, 0) is 67.3 Å². The Morgan fingerprint density at radius 1 is 1.11 bits per heavy atom. The highest BCUT2D eigenvalue weighted by Gasteiger charge is 2.33. The van der Waals surface area contributed by atoms with Crippen LogP contribution >= 0.6 is 35.6 Å². The molecule has 2 aliphatic rings. The van der Waals surface area contributed by atoms with Crippen molar-refractivity contribution in [3.63, 3.8) is 0 Å². The summed E-state index contributed by atoms with van der Waals surface area (Å²) in [4.78, 5) is 17.5. The first-order valence-corrected chi connectivity index (χ1v) is 10.5. The summed E-state index contributed by atoms with van der Waals surface area (Å²) in [5.41, 5.74) is 4.17. The number of rotatable bonds is 3. The lowest BCUT2D eigenvalue weighted by molar-refractivity contribution is -0.113. The second kappa shape index (κ2) is 7.66. The van der Waals surface area contributed by atoms with Gasteiger partial charge >= 0.3 is 0 Å². The quantitative estimate of drug-likeness (QED) is 0.478. The monoisotopic (exact) mass is 414 g/mol. The molecule has 27 heavy (non-hydrogen) atoms. The summed E-state index contributed by atoms with van der Waals surface area (Å²) in [7, 11) is 0. The Balaban J connectivity index is 1.61. The molecule has 2 aromatic carbocycles. The van der Waals surface area contributed by atoms with Gasteiger partial charge < -0.3 is 4.90 Å². The third-order valence-corrected chi connectivity index (χ3v) is 6.41. The number of carbonyl (C=O) groups is 1.